The SMILES string of the molecule is CC(C)(C(=O)N1CCC(CN2CCCCC2)C1)C1CCOCC1. The molecule has 0 spiro atoms. The molecule has 1 atom stereocenters. The number of piperidine rings is 1. The van der Waals surface area contributed by atoms with Crippen molar-refractivity contribution in [1.29, 1.82) is 0 Å². The number of nitrogens with zero attached hydrogens (tertiary/aromatic N) is 2. The molecule has 0 aromatic rings. The van der Waals surface area contributed by atoms with E-state index >= 15 is 0 Å². The third-order valence-electron chi connectivity index (χ3n) is 6.33. The fourth-order valence-electron chi connectivity index (χ4n) is 4.67. The standard InChI is InChI=1S/C19H34N2O2/c1-19(2,17-7-12-23-13-8-17)18(22)21-11-6-16(15-21)14-20-9-4-3-5-10-20/h16-17H,3-15H2,1-2H3. The van der Waals surface area contributed by atoms with Crippen LogP contribution in [0.3, 0.4) is 0 Å². The average Bonchev–Trinajstić information content (AvgIpc) is 3.04. The molecule has 3 rings (SSSR count). The van der Waals surface area contributed by atoms with E-state index in [1.807, 2.05) is 0 Å². The van der Waals surface area contributed by atoms with Crippen LogP contribution in [0.1, 0.15) is 52.4 Å². The molecule has 0 saturated carbocycles. The number of rotatable bonds is 4. The lowest BCUT2D eigenvalue weighted by molar-refractivity contribution is -0.144. The van der Waals surface area contributed by atoms with Crippen LogP contribution in [-0.2, 0) is 9.53 Å². The van der Waals surface area contributed by atoms with Gasteiger partial charge in [0.1, 0.15) is 0 Å². The first-order valence-corrected chi connectivity index (χ1v) is 9.67. The fourth-order valence-corrected chi connectivity index (χ4v) is 4.67. The van der Waals surface area contributed by atoms with Gasteiger partial charge in [-0.25, -0.2) is 0 Å². The largest absolute Gasteiger partial charge is 0.381 e. The van der Waals surface area contributed by atoms with Gasteiger partial charge in [-0.2, -0.15) is 0 Å². The van der Waals surface area contributed by atoms with Gasteiger partial charge in [0.15, 0.2) is 0 Å². The number of amides is 1. The number of likely N-dealkylation sites (tertiary alicyclic amines) is 2. The van der Waals surface area contributed by atoms with E-state index in [0.717, 1.165) is 39.1 Å². The maximum atomic E-state index is 13.1. The van der Waals surface area contributed by atoms with E-state index in [1.165, 1.54) is 45.3 Å². The Hall–Kier alpha value is -0.610. The lowest BCUT2D eigenvalue weighted by atomic mass is 9.73. The predicted octanol–water partition coefficient (Wildman–Crippen LogP) is 2.77. The summed E-state index contributed by atoms with van der Waals surface area (Å²) in [5.41, 5.74) is -0.232. The van der Waals surface area contributed by atoms with E-state index in [1.54, 1.807) is 0 Å². The third-order valence-corrected chi connectivity index (χ3v) is 6.33. The van der Waals surface area contributed by atoms with Crippen LogP contribution in [0.15, 0.2) is 0 Å². The quantitative estimate of drug-likeness (QED) is 0.798. The third kappa shape index (κ3) is 4.08. The highest BCUT2D eigenvalue weighted by molar-refractivity contribution is 5.82. The van der Waals surface area contributed by atoms with Gasteiger partial charge in [-0.15, -0.1) is 0 Å². The summed E-state index contributed by atoms with van der Waals surface area (Å²) in [5, 5.41) is 0. The lowest BCUT2D eigenvalue weighted by Crippen LogP contribution is -2.45. The predicted molar refractivity (Wildman–Crippen MR) is 92.3 cm³/mol. The van der Waals surface area contributed by atoms with E-state index in [-0.39, 0.29) is 5.41 Å². The second kappa shape index (κ2) is 7.52. The zero-order chi connectivity index (χ0) is 16.3. The Morgan fingerprint density at radius 3 is 2.43 bits per heavy atom. The maximum absolute atomic E-state index is 13.1. The zero-order valence-corrected chi connectivity index (χ0v) is 15.1. The molecule has 4 heteroatoms. The maximum Gasteiger partial charge on any atom is 0.228 e. The Labute approximate surface area is 141 Å². The Balaban J connectivity index is 1.51. The number of carbonyl (C=O) groups excluding carboxylic acids is 1. The van der Waals surface area contributed by atoms with Crippen LogP contribution < -0.4 is 0 Å². The summed E-state index contributed by atoms with van der Waals surface area (Å²) in [4.78, 5) is 17.8. The summed E-state index contributed by atoms with van der Waals surface area (Å²) >= 11 is 0. The van der Waals surface area contributed by atoms with Crippen molar-refractivity contribution >= 4 is 5.91 Å². The summed E-state index contributed by atoms with van der Waals surface area (Å²) in [7, 11) is 0. The molecule has 23 heavy (non-hydrogen) atoms. The molecule has 0 N–H and O–H groups in total. The van der Waals surface area contributed by atoms with Crippen molar-refractivity contribution < 1.29 is 9.53 Å². The smallest absolute Gasteiger partial charge is 0.228 e. The first-order chi connectivity index (χ1) is 11.1. The van der Waals surface area contributed by atoms with Crippen molar-refractivity contribution in [1.82, 2.24) is 9.80 Å². The summed E-state index contributed by atoms with van der Waals surface area (Å²) in [5.74, 6) is 1.54. The van der Waals surface area contributed by atoms with Crippen molar-refractivity contribution in [2.24, 2.45) is 17.3 Å². The van der Waals surface area contributed by atoms with Crippen molar-refractivity contribution in [2.45, 2.75) is 52.4 Å². The topological polar surface area (TPSA) is 32.8 Å². The summed E-state index contributed by atoms with van der Waals surface area (Å²) in [6.07, 6.45) is 7.35. The number of ether oxygens (including phenoxy) is 1. The van der Waals surface area contributed by atoms with E-state index < -0.39 is 0 Å². The molecule has 3 aliphatic rings. The molecule has 1 unspecified atom stereocenters. The minimum absolute atomic E-state index is 0.232. The van der Waals surface area contributed by atoms with Gasteiger partial charge in [0.25, 0.3) is 0 Å². The normalized spacial score (nSPS) is 28.3. The molecule has 3 heterocycles. The van der Waals surface area contributed by atoms with Gasteiger partial charge in [0.2, 0.25) is 5.91 Å². The van der Waals surface area contributed by atoms with Crippen molar-refractivity contribution in [3.8, 4) is 0 Å². The Morgan fingerprint density at radius 2 is 1.74 bits per heavy atom. The minimum Gasteiger partial charge on any atom is -0.381 e. The summed E-state index contributed by atoms with van der Waals surface area (Å²) < 4.78 is 5.47. The van der Waals surface area contributed by atoms with Crippen LogP contribution in [-0.4, -0.2) is 61.6 Å². The van der Waals surface area contributed by atoms with Crippen LogP contribution in [0.25, 0.3) is 0 Å². The van der Waals surface area contributed by atoms with Gasteiger partial charge in [-0.3, -0.25) is 4.79 Å². The second-order valence-electron chi connectivity index (χ2n) is 8.38. The zero-order valence-electron chi connectivity index (χ0n) is 15.1. The van der Waals surface area contributed by atoms with Crippen LogP contribution in [0.2, 0.25) is 0 Å². The molecule has 1 amide bonds. The highest BCUT2D eigenvalue weighted by Crippen LogP contribution is 2.37. The van der Waals surface area contributed by atoms with E-state index in [0.29, 0.717) is 17.7 Å². The Bertz CT molecular complexity index is 398. The van der Waals surface area contributed by atoms with Crippen LogP contribution >= 0.6 is 0 Å². The molecular formula is C19H34N2O2. The molecule has 0 bridgehead atoms. The first-order valence-electron chi connectivity index (χ1n) is 9.67. The van der Waals surface area contributed by atoms with E-state index in [9.17, 15) is 4.79 Å². The van der Waals surface area contributed by atoms with Crippen molar-refractivity contribution in [3.05, 3.63) is 0 Å². The molecule has 4 nitrogen and oxygen atoms in total. The minimum atomic E-state index is -0.232. The second-order valence-corrected chi connectivity index (χ2v) is 8.38. The molecule has 132 valence electrons. The lowest BCUT2D eigenvalue weighted by Gasteiger charge is -2.38. The van der Waals surface area contributed by atoms with Crippen LogP contribution in [0, 0.1) is 17.3 Å². The van der Waals surface area contributed by atoms with Crippen LogP contribution in [0.4, 0.5) is 0 Å². The molecular weight excluding hydrogens is 288 g/mol. The van der Waals surface area contributed by atoms with E-state index in [4.69, 9.17) is 4.74 Å². The first kappa shape index (κ1) is 17.2. The highest BCUT2D eigenvalue weighted by atomic mass is 16.5. The molecule has 3 saturated heterocycles. The van der Waals surface area contributed by atoms with Gasteiger partial charge >= 0.3 is 0 Å². The molecule has 0 aromatic carbocycles. The summed E-state index contributed by atoms with van der Waals surface area (Å²) in [6.45, 7) is 11.6. The van der Waals surface area contributed by atoms with Gasteiger partial charge in [-0.05, 0) is 57.0 Å². The van der Waals surface area contributed by atoms with Gasteiger partial charge in [0.05, 0.1) is 0 Å². The number of hydrogen-bond donors (Lipinski definition) is 0. The molecule has 3 aliphatic heterocycles. The van der Waals surface area contributed by atoms with Gasteiger partial charge in [-0.1, -0.05) is 20.3 Å². The van der Waals surface area contributed by atoms with Gasteiger partial charge in [0, 0.05) is 38.3 Å². The number of hydrogen-bond acceptors (Lipinski definition) is 3. The molecule has 3 fully saturated rings. The highest BCUT2D eigenvalue weighted by Gasteiger charge is 2.41. The number of carbonyl (C=O) groups is 1. The molecule has 0 aromatic heterocycles. The van der Waals surface area contributed by atoms with Crippen molar-refractivity contribution in [2.75, 3.05) is 45.9 Å². The van der Waals surface area contributed by atoms with E-state index in [2.05, 4.69) is 23.6 Å². The van der Waals surface area contributed by atoms with Gasteiger partial charge < -0.3 is 14.5 Å². The molecule has 0 aliphatic carbocycles. The Morgan fingerprint density at radius 1 is 1.04 bits per heavy atom. The van der Waals surface area contributed by atoms with Crippen LogP contribution in [0.5, 0.6) is 0 Å². The summed E-state index contributed by atoms with van der Waals surface area (Å²) in [6, 6.07) is 0. The fraction of sp³-hybridized carbons (Fsp3) is 0.947. The Kier molecular flexibility index (Phi) is 5.63. The molecule has 0 radical (unpaired) electrons. The van der Waals surface area contributed by atoms with Crippen molar-refractivity contribution in [3.63, 3.8) is 0 Å². The average molecular weight is 322 g/mol. The monoisotopic (exact) mass is 322 g/mol.